The zero-order valence-electron chi connectivity index (χ0n) is 15.5. The lowest BCUT2D eigenvalue weighted by Gasteiger charge is -2.09. The maximum Gasteiger partial charge on any atom is 0.255 e. The van der Waals surface area contributed by atoms with Gasteiger partial charge in [-0.1, -0.05) is 23.9 Å². The Morgan fingerprint density at radius 3 is 2.86 bits per heavy atom. The first-order valence-electron chi connectivity index (χ1n) is 8.54. The second-order valence-corrected chi connectivity index (χ2v) is 6.77. The molecule has 0 saturated carbocycles. The fourth-order valence-corrected chi connectivity index (χ4v) is 3.05. The standard InChI is InChI=1S/C19H19N5O4S/c1-27-16-8-12(6-7-15(16)28-10-17(20)25)9-21-24-18(26)11-29-19-22-13-4-2-3-5-14(13)23-19/h2-9H,10-11H2,1H3,(H2,20,25)(H,22,23)(H,24,26)/b21-9-. The van der Waals surface area contributed by atoms with Crippen molar-refractivity contribution in [3.63, 3.8) is 0 Å². The number of para-hydroxylation sites is 2. The van der Waals surface area contributed by atoms with Gasteiger partial charge in [0, 0.05) is 0 Å². The van der Waals surface area contributed by atoms with Crippen molar-refractivity contribution in [1.29, 1.82) is 0 Å². The van der Waals surface area contributed by atoms with Crippen LogP contribution in [0.1, 0.15) is 5.56 Å². The van der Waals surface area contributed by atoms with Crippen LogP contribution in [0.2, 0.25) is 0 Å². The number of amides is 2. The normalized spacial score (nSPS) is 10.9. The number of carbonyl (C=O) groups is 2. The van der Waals surface area contributed by atoms with Crippen LogP contribution in [-0.4, -0.2) is 47.5 Å². The van der Waals surface area contributed by atoms with E-state index < -0.39 is 5.91 Å². The van der Waals surface area contributed by atoms with Gasteiger partial charge in [0.05, 0.1) is 30.1 Å². The van der Waals surface area contributed by atoms with Gasteiger partial charge < -0.3 is 20.2 Å². The van der Waals surface area contributed by atoms with E-state index in [1.165, 1.54) is 25.1 Å². The highest BCUT2D eigenvalue weighted by molar-refractivity contribution is 7.99. The van der Waals surface area contributed by atoms with Crippen LogP contribution in [0.3, 0.4) is 0 Å². The Morgan fingerprint density at radius 1 is 1.28 bits per heavy atom. The number of H-pyrrole nitrogens is 1. The Hall–Kier alpha value is -3.53. The van der Waals surface area contributed by atoms with Crippen molar-refractivity contribution in [2.75, 3.05) is 19.5 Å². The smallest absolute Gasteiger partial charge is 0.255 e. The SMILES string of the molecule is COc1cc(/C=N\NC(=O)CSc2nc3ccccc3[nH]2)ccc1OCC(N)=O. The molecule has 0 aliphatic rings. The lowest BCUT2D eigenvalue weighted by atomic mass is 10.2. The van der Waals surface area contributed by atoms with Crippen LogP contribution in [0.4, 0.5) is 0 Å². The molecule has 150 valence electrons. The van der Waals surface area contributed by atoms with Crippen molar-refractivity contribution in [1.82, 2.24) is 15.4 Å². The summed E-state index contributed by atoms with van der Waals surface area (Å²) in [6, 6.07) is 12.6. The van der Waals surface area contributed by atoms with Gasteiger partial charge in [-0.2, -0.15) is 5.10 Å². The summed E-state index contributed by atoms with van der Waals surface area (Å²) in [5, 5.41) is 4.61. The Kier molecular flexibility index (Phi) is 6.69. The summed E-state index contributed by atoms with van der Waals surface area (Å²) in [5.41, 5.74) is 9.98. The average Bonchev–Trinajstić information content (AvgIpc) is 3.14. The van der Waals surface area contributed by atoms with Crippen LogP contribution >= 0.6 is 11.8 Å². The first kappa shape index (κ1) is 20.2. The van der Waals surface area contributed by atoms with Crippen molar-refractivity contribution < 1.29 is 19.1 Å². The second-order valence-electron chi connectivity index (χ2n) is 5.81. The fourth-order valence-electron chi connectivity index (χ4n) is 2.38. The number of aromatic amines is 1. The van der Waals surface area contributed by atoms with Gasteiger partial charge in [-0.3, -0.25) is 9.59 Å². The van der Waals surface area contributed by atoms with Gasteiger partial charge in [0.2, 0.25) is 0 Å². The Bertz CT molecular complexity index is 1020. The number of nitrogens with one attached hydrogen (secondary N) is 2. The summed E-state index contributed by atoms with van der Waals surface area (Å²) in [6.45, 7) is -0.247. The number of imidazole rings is 1. The predicted molar refractivity (Wildman–Crippen MR) is 110 cm³/mol. The summed E-state index contributed by atoms with van der Waals surface area (Å²) >= 11 is 1.29. The number of rotatable bonds is 9. The molecule has 9 nitrogen and oxygen atoms in total. The van der Waals surface area contributed by atoms with E-state index in [1.807, 2.05) is 24.3 Å². The molecule has 1 heterocycles. The lowest BCUT2D eigenvalue weighted by Crippen LogP contribution is -2.20. The average molecular weight is 413 g/mol. The molecule has 29 heavy (non-hydrogen) atoms. The van der Waals surface area contributed by atoms with Crippen molar-refractivity contribution >= 4 is 40.8 Å². The van der Waals surface area contributed by atoms with Crippen LogP contribution in [0, 0.1) is 0 Å². The van der Waals surface area contributed by atoms with E-state index in [4.69, 9.17) is 15.2 Å². The van der Waals surface area contributed by atoms with E-state index in [0.717, 1.165) is 11.0 Å². The Labute approximate surface area is 170 Å². The van der Waals surface area contributed by atoms with Crippen LogP contribution in [0.25, 0.3) is 11.0 Å². The van der Waals surface area contributed by atoms with E-state index in [1.54, 1.807) is 18.2 Å². The first-order chi connectivity index (χ1) is 14.0. The van der Waals surface area contributed by atoms with Crippen molar-refractivity contribution in [2.24, 2.45) is 10.8 Å². The van der Waals surface area contributed by atoms with Gasteiger partial charge >= 0.3 is 0 Å². The van der Waals surface area contributed by atoms with Gasteiger partial charge in [0.1, 0.15) is 0 Å². The molecular formula is C19H19N5O4S. The minimum absolute atomic E-state index is 0.167. The molecule has 2 aromatic carbocycles. The number of nitrogens with two attached hydrogens (primary N) is 1. The van der Waals surface area contributed by atoms with E-state index in [9.17, 15) is 9.59 Å². The lowest BCUT2D eigenvalue weighted by molar-refractivity contribution is -0.120. The van der Waals surface area contributed by atoms with Crippen molar-refractivity contribution in [2.45, 2.75) is 5.16 Å². The van der Waals surface area contributed by atoms with Crippen LogP contribution in [0.15, 0.2) is 52.7 Å². The molecule has 0 bridgehead atoms. The Morgan fingerprint density at radius 2 is 2.10 bits per heavy atom. The summed E-state index contributed by atoms with van der Waals surface area (Å²) < 4.78 is 10.5. The minimum atomic E-state index is -0.582. The maximum atomic E-state index is 12.0. The number of methoxy groups -OCH3 is 1. The molecular weight excluding hydrogens is 394 g/mol. The number of benzene rings is 2. The number of fused-ring (bicyclic) bond motifs is 1. The number of primary amides is 1. The third-order valence-corrected chi connectivity index (χ3v) is 4.54. The minimum Gasteiger partial charge on any atom is -0.493 e. The topological polar surface area (TPSA) is 132 Å². The van der Waals surface area contributed by atoms with Gasteiger partial charge in [0.25, 0.3) is 11.8 Å². The predicted octanol–water partition coefficient (Wildman–Crippen LogP) is 1.68. The molecule has 0 aliphatic carbocycles. The second kappa shape index (κ2) is 9.60. The highest BCUT2D eigenvalue weighted by Crippen LogP contribution is 2.27. The van der Waals surface area contributed by atoms with E-state index in [0.29, 0.717) is 22.2 Å². The Balaban J connectivity index is 1.51. The third kappa shape index (κ3) is 5.72. The monoisotopic (exact) mass is 413 g/mol. The number of hydrogen-bond donors (Lipinski definition) is 3. The highest BCUT2D eigenvalue weighted by Gasteiger charge is 2.08. The number of ether oxygens (including phenoxy) is 2. The molecule has 3 rings (SSSR count). The molecule has 0 fully saturated rings. The van der Waals surface area contributed by atoms with E-state index >= 15 is 0 Å². The molecule has 10 heteroatoms. The molecule has 3 aromatic rings. The number of hydrazone groups is 1. The first-order valence-corrected chi connectivity index (χ1v) is 9.52. The molecule has 0 spiro atoms. The summed E-state index contributed by atoms with van der Waals surface area (Å²) in [7, 11) is 1.48. The number of thioether (sulfide) groups is 1. The van der Waals surface area contributed by atoms with Gasteiger partial charge in [-0.15, -0.1) is 0 Å². The summed E-state index contributed by atoms with van der Waals surface area (Å²) in [5.74, 6) is 0.123. The third-order valence-electron chi connectivity index (χ3n) is 3.67. The van der Waals surface area contributed by atoms with Crippen molar-refractivity contribution in [3.05, 3.63) is 48.0 Å². The van der Waals surface area contributed by atoms with Crippen molar-refractivity contribution in [3.8, 4) is 11.5 Å². The summed E-state index contributed by atoms with van der Waals surface area (Å²) in [6.07, 6.45) is 1.48. The zero-order valence-corrected chi connectivity index (χ0v) is 16.4. The van der Waals surface area contributed by atoms with Gasteiger partial charge in [0.15, 0.2) is 23.3 Å². The molecule has 4 N–H and O–H groups in total. The number of hydrogen-bond acceptors (Lipinski definition) is 7. The molecule has 0 aliphatic heterocycles. The molecule has 0 unspecified atom stereocenters. The number of carbonyl (C=O) groups excluding carboxylic acids is 2. The molecule has 2 amide bonds. The highest BCUT2D eigenvalue weighted by atomic mass is 32.2. The molecule has 1 aromatic heterocycles. The molecule has 0 saturated heterocycles. The van der Waals surface area contributed by atoms with Crippen LogP contribution in [-0.2, 0) is 9.59 Å². The zero-order chi connectivity index (χ0) is 20.6. The fraction of sp³-hybridized carbons (Fsp3) is 0.158. The molecule has 0 atom stereocenters. The number of aromatic nitrogens is 2. The largest absolute Gasteiger partial charge is 0.493 e. The van der Waals surface area contributed by atoms with E-state index in [-0.39, 0.29) is 18.3 Å². The molecule has 0 radical (unpaired) electrons. The van der Waals surface area contributed by atoms with E-state index in [2.05, 4.69) is 20.5 Å². The quantitative estimate of drug-likeness (QED) is 0.278. The van der Waals surface area contributed by atoms with Crippen LogP contribution < -0.4 is 20.6 Å². The number of nitrogens with zero attached hydrogens (tertiary/aromatic N) is 2. The van der Waals surface area contributed by atoms with Crippen LogP contribution in [0.5, 0.6) is 11.5 Å². The summed E-state index contributed by atoms with van der Waals surface area (Å²) in [4.78, 5) is 30.3. The van der Waals surface area contributed by atoms with Gasteiger partial charge in [-0.25, -0.2) is 10.4 Å². The van der Waals surface area contributed by atoms with Gasteiger partial charge in [-0.05, 0) is 35.9 Å². The maximum absolute atomic E-state index is 12.0.